The number of anilines is 1. The molecular formula is C12H12N4O3. The van der Waals surface area contributed by atoms with E-state index >= 15 is 0 Å². The monoisotopic (exact) mass is 260 g/mol. The summed E-state index contributed by atoms with van der Waals surface area (Å²) in [5.74, 6) is -1.18. The molecule has 0 aliphatic carbocycles. The fourth-order valence-corrected chi connectivity index (χ4v) is 2.17. The van der Waals surface area contributed by atoms with Crippen LogP contribution in [-0.2, 0) is 4.79 Å². The highest BCUT2D eigenvalue weighted by atomic mass is 16.4. The zero-order valence-corrected chi connectivity index (χ0v) is 10.0. The molecule has 3 rings (SSSR count). The zero-order valence-electron chi connectivity index (χ0n) is 10.0. The summed E-state index contributed by atoms with van der Waals surface area (Å²) in [6.45, 7) is 2.05. The molecule has 2 aliphatic heterocycles. The summed E-state index contributed by atoms with van der Waals surface area (Å²) in [7, 11) is 0. The summed E-state index contributed by atoms with van der Waals surface area (Å²) in [5.41, 5.74) is 1.20. The van der Waals surface area contributed by atoms with Gasteiger partial charge in [-0.3, -0.25) is 9.69 Å². The SMILES string of the molecule is O=C(O)c1ccc(N2CN3CCNC=C3C2=O)cn1. The van der Waals surface area contributed by atoms with Crippen molar-refractivity contribution in [1.29, 1.82) is 0 Å². The number of amides is 1. The van der Waals surface area contributed by atoms with Crippen molar-refractivity contribution in [3.05, 3.63) is 35.9 Å². The molecule has 1 saturated heterocycles. The van der Waals surface area contributed by atoms with Crippen molar-refractivity contribution in [3.63, 3.8) is 0 Å². The summed E-state index contributed by atoms with van der Waals surface area (Å²) in [4.78, 5) is 30.3. The Morgan fingerprint density at radius 3 is 2.89 bits per heavy atom. The molecule has 0 aromatic carbocycles. The van der Waals surface area contributed by atoms with Gasteiger partial charge in [0.05, 0.1) is 18.6 Å². The fourth-order valence-electron chi connectivity index (χ4n) is 2.17. The van der Waals surface area contributed by atoms with Crippen molar-refractivity contribution in [2.45, 2.75) is 0 Å². The number of carboxylic acid groups (broad SMARTS) is 1. The van der Waals surface area contributed by atoms with E-state index in [-0.39, 0.29) is 11.6 Å². The molecule has 3 heterocycles. The molecule has 0 unspecified atom stereocenters. The number of hydrogen-bond donors (Lipinski definition) is 2. The van der Waals surface area contributed by atoms with Gasteiger partial charge in [-0.15, -0.1) is 0 Å². The van der Waals surface area contributed by atoms with E-state index in [0.717, 1.165) is 13.1 Å². The second kappa shape index (κ2) is 4.27. The number of carbonyl (C=O) groups is 2. The highest BCUT2D eigenvalue weighted by Gasteiger charge is 2.34. The van der Waals surface area contributed by atoms with Gasteiger partial charge < -0.3 is 15.3 Å². The third kappa shape index (κ3) is 1.88. The van der Waals surface area contributed by atoms with Gasteiger partial charge in [-0.25, -0.2) is 9.78 Å². The minimum absolute atomic E-state index is 0.0333. The van der Waals surface area contributed by atoms with Crippen LogP contribution in [0.5, 0.6) is 0 Å². The van der Waals surface area contributed by atoms with Gasteiger partial charge in [0.2, 0.25) is 0 Å². The minimum Gasteiger partial charge on any atom is -0.477 e. The predicted octanol–water partition coefficient (Wildman–Crippen LogP) is -0.170. The van der Waals surface area contributed by atoms with E-state index in [1.165, 1.54) is 12.3 Å². The minimum atomic E-state index is -1.08. The van der Waals surface area contributed by atoms with Crippen LogP contribution in [0.3, 0.4) is 0 Å². The lowest BCUT2D eigenvalue weighted by atomic mass is 10.3. The van der Waals surface area contributed by atoms with Crippen LogP contribution in [0, 0.1) is 0 Å². The first-order valence-electron chi connectivity index (χ1n) is 5.86. The fraction of sp³-hybridized carbons (Fsp3) is 0.250. The Balaban J connectivity index is 1.87. The molecule has 7 nitrogen and oxygen atoms in total. The Morgan fingerprint density at radius 1 is 1.42 bits per heavy atom. The van der Waals surface area contributed by atoms with Crippen molar-refractivity contribution in [1.82, 2.24) is 15.2 Å². The Labute approximate surface area is 109 Å². The van der Waals surface area contributed by atoms with Gasteiger partial charge in [0.15, 0.2) is 0 Å². The first kappa shape index (κ1) is 11.5. The summed E-state index contributed by atoms with van der Waals surface area (Å²) < 4.78 is 0. The molecule has 0 radical (unpaired) electrons. The molecular weight excluding hydrogens is 248 g/mol. The van der Waals surface area contributed by atoms with Crippen LogP contribution in [-0.4, -0.2) is 46.6 Å². The first-order chi connectivity index (χ1) is 9.16. The number of hydrogen-bond acceptors (Lipinski definition) is 5. The normalized spacial score (nSPS) is 17.9. The lowest BCUT2D eigenvalue weighted by Gasteiger charge is -2.22. The predicted molar refractivity (Wildman–Crippen MR) is 66.3 cm³/mol. The molecule has 0 saturated carbocycles. The molecule has 1 fully saturated rings. The van der Waals surface area contributed by atoms with E-state index in [1.807, 2.05) is 4.90 Å². The number of carbonyl (C=O) groups excluding carboxylic acids is 1. The van der Waals surface area contributed by atoms with E-state index in [1.54, 1.807) is 17.2 Å². The molecule has 7 heteroatoms. The van der Waals surface area contributed by atoms with Gasteiger partial charge in [0.25, 0.3) is 5.91 Å². The zero-order chi connectivity index (χ0) is 13.4. The molecule has 0 atom stereocenters. The molecule has 2 N–H and O–H groups in total. The maximum absolute atomic E-state index is 12.2. The van der Waals surface area contributed by atoms with Crippen molar-refractivity contribution >= 4 is 17.6 Å². The largest absolute Gasteiger partial charge is 0.477 e. The Bertz CT molecular complexity index is 567. The molecule has 2 aliphatic rings. The Morgan fingerprint density at radius 2 is 2.26 bits per heavy atom. The number of rotatable bonds is 2. The van der Waals surface area contributed by atoms with Gasteiger partial charge in [-0.05, 0) is 12.1 Å². The third-order valence-corrected chi connectivity index (χ3v) is 3.16. The average molecular weight is 260 g/mol. The average Bonchev–Trinajstić information content (AvgIpc) is 2.77. The molecule has 1 aromatic rings. The van der Waals surface area contributed by atoms with Crippen LogP contribution in [0.1, 0.15) is 10.5 Å². The van der Waals surface area contributed by atoms with Crippen molar-refractivity contribution in [3.8, 4) is 0 Å². The number of pyridine rings is 1. The number of aromatic carboxylic acids is 1. The molecule has 98 valence electrons. The quantitative estimate of drug-likeness (QED) is 0.768. The summed E-state index contributed by atoms with van der Waals surface area (Å²) in [5, 5.41) is 11.8. The number of fused-ring (bicyclic) bond motifs is 1. The Kier molecular flexibility index (Phi) is 2.59. The maximum atomic E-state index is 12.2. The standard InChI is InChI=1S/C12H12N4O3/c17-11-10-6-13-3-4-15(10)7-16(11)8-1-2-9(12(18)19)14-5-8/h1-2,5-6,13H,3-4,7H2,(H,18,19). The molecule has 0 bridgehead atoms. The lowest BCUT2D eigenvalue weighted by Crippen LogP contribution is -2.34. The van der Waals surface area contributed by atoms with E-state index in [9.17, 15) is 9.59 Å². The summed E-state index contributed by atoms with van der Waals surface area (Å²) in [6, 6.07) is 3.00. The van der Waals surface area contributed by atoms with Crippen LogP contribution in [0.4, 0.5) is 5.69 Å². The molecule has 19 heavy (non-hydrogen) atoms. The van der Waals surface area contributed by atoms with Gasteiger partial charge in [-0.1, -0.05) is 0 Å². The van der Waals surface area contributed by atoms with Crippen molar-refractivity contribution < 1.29 is 14.7 Å². The van der Waals surface area contributed by atoms with Crippen LogP contribution in [0.25, 0.3) is 0 Å². The lowest BCUT2D eigenvalue weighted by molar-refractivity contribution is -0.114. The molecule has 1 amide bonds. The summed E-state index contributed by atoms with van der Waals surface area (Å²) >= 11 is 0. The van der Waals surface area contributed by atoms with Gasteiger partial charge in [0, 0.05) is 19.3 Å². The van der Waals surface area contributed by atoms with Gasteiger partial charge in [-0.2, -0.15) is 0 Å². The van der Waals surface area contributed by atoms with Crippen molar-refractivity contribution in [2.24, 2.45) is 0 Å². The number of aromatic nitrogens is 1. The van der Waals surface area contributed by atoms with E-state index in [0.29, 0.717) is 18.1 Å². The Hall–Kier alpha value is -2.57. The third-order valence-electron chi connectivity index (χ3n) is 3.16. The topological polar surface area (TPSA) is 85.8 Å². The number of carboxylic acids is 1. The number of nitrogens with zero attached hydrogens (tertiary/aromatic N) is 3. The first-order valence-corrected chi connectivity index (χ1v) is 5.86. The van der Waals surface area contributed by atoms with E-state index < -0.39 is 5.97 Å². The van der Waals surface area contributed by atoms with Gasteiger partial charge in [0.1, 0.15) is 11.4 Å². The summed E-state index contributed by atoms with van der Waals surface area (Å²) in [6.07, 6.45) is 3.12. The maximum Gasteiger partial charge on any atom is 0.354 e. The van der Waals surface area contributed by atoms with Gasteiger partial charge >= 0.3 is 5.97 Å². The van der Waals surface area contributed by atoms with Crippen LogP contribution in [0.15, 0.2) is 30.2 Å². The van der Waals surface area contributed by atoms with Crippen LogP contribution in [0.2, 0.25) is 0 Å². The smallest absolute Gasteiger partial charge is 0.354 e. The van der Waals surface area contributed by atoms with Crippen LogP contribution < -0.4 is 10.2 Å². The van der Waals surface area contributed by atoms with E-state index in [4.69, 9.17) is 5.11 Å². The molecule has 0 spiro atoms. The second-order valence-electron chi connectivity index (χ2n) is 4.33. The second-order valence-corrected chi connectivity index (χ2v) is 4.33. The highest BCUT2D eigenvalue weighted by Crippen LogP contribution is 2.25. The van der Waals surface area contributed by atoms with Crippen molar-refractivity contribution in [2.75, 3.05) is 24.7 Å². The number of nitrogens with one attached hydrogen (secondary N) is 1. The highest BCUT2D eigenvalue weighted by molar-refractivity contribution is 6.07. The van der Waals surface area contributed by atoms with E-state index in [2.05, 4.69) is 10.3 Å². The molecule has 1 aromatic heterocycles. The van der Waals surface area contributed by atoms with Crippen LogP contribution >= 0.6 is 0 Å².